The molecule has 0 unspecified atom stereocenters. The highest BCUT2D eigenvalue weighted by atomic mass is 35.5. The van der Waals surface area contributed by atoms with Gasteiger partial charge in [0.2, 0.25) is 5.22 Å². The minimum atomic E-state index is -0.509. The molecule has 0 aliphatic rings. The van der Waals surface area contributed by atoms with Gasteiger partial charge in [0.15, 0.2) is 5.84 Å². The first-order chi connectivity index (χ1) is 10.1. The molecule has 0 fully saturated rings. The maximum atomic E-state index is 12.2. The van der Waals surface area contributed by atoms with Gasteiger partial charge in [-0.3, -0.25) is 4.79 Å². The molecule has 0 bridgehead atoms. The van der Waals surface area contributed by atoms with Gasteiger partial charge in [0.05, 0.1) is 24.6 Å². The molecule has 0 aliphatic carbocycles. The van der Waals surface area contributed by atoms with Gasteiger partial charge in [-0.05, 0) is 29.8 Å². The van der Waals surface area contributed by atoms with E-state index in [0.29, 0.717) is 11.3 Å². The Morgan fingerprint density at radius 3 is 2.76 bits per heavy atom. The molecule has 0 radical (unpaired) electrons. The SMILES string of the molecule is COc1cccc(/C(N)=N/O)c1NC(=O)c1ccoc1Cl. The number of ether oxygens (including phenoxy) is 1. The maximum absolute atomic E-state index is 12.2. The number of benzene rings is 1. The van der Waals surface area contributed by atoms with Gasteiger partial charge < -0.3 is 25.4 Å². The van der Waals surface area contributed by atoms with Crippen molar-refractivity contribution in [3.63, 3.8) is 0 Å². The summed E-state index contributed by atoms with van der Waals surface area (Å²) in [6.07, 6.45) is 1.30. The molecular formula is C13H12ClN3O4. The van der Waals surface area contributed by atoms with Crippen LogP contribution >= 0.6 is 11.6 Å². The van der Waals surface area contributed by atoms with Crippen LogP contribution in [0.15, 0.2) is 40.1 Å². The summed E-state index contributed by atoms with van der Waals surface area (Å²) in [4.78, 5) is 12.2. The number of nitrogens with one attached hydrogen (secondary N) is 1. The summed E-state index contributed by atoms with van der Waals surface area (Å²) >= 11 is 5.76. The number of hydrogen-bond donors (Lipinski definition) is 3. The number of amides is 1. The van der Waals surface area contributed by atoms with E-state index in [1.807, 2.05) is 0 Å². The Balaban J connectivity index is 2.43. The van der Waals surface area contributed by atoms with Crippen LogP contribution in [0.5, 0.6) is 5.75 Å². The number of methoxy groups -OCH3 is 1. The first kappa shape index (κ1) is 14.7. The topological polar surface area (TPSA) is 110 Å². The van der Waals surface area contributed by atoms with Crippen LogP contribution in [0, 0.1) is 0 Å². The maximum Gasteiger partial charge on any atom is 0.260 e. The molecule has 0 saturated heterocycles. The van der Waals surface area contributed by atoms with Crippen molar-refractivity contribution in [1.29, 1.82) is 0 Å². The lowest BCUT2D eigenvalue weighted by atomic mass is 10.1. The normalized spacial score (nSPS) is 11.2. The summed E-state index contributed by atoms with van der Waals surface area (Å²) < 4.78 is 10.0. The largest absolute Gasteiger partial charge is 0.495 e. The molecule has 4 N–H and O–H groups in total. The predicted molar refractivity (Wildman–Crippen MR) is 77.2 cm³/mol. The number of nitrogens with two attached hydrogens (primary N) is 1. The summed E-state index contributed by atoms with van der Waals surface area (Å²) in [5.74, 6) is -0.320. The lowest BCUT2D eigenvalue weighted by Gasteiger charge is -2.13. The third-order valence-electron chi connectivity index (χ3n) is 2.73. The summed E-state index contributed by atoms with van der Waals surface area (Å²) in [6, 6.07) is 6.27. The number of carbonyl (C=O) groups excluding carboxylic acids is 1. The average molecular weight is 310 g/mol. The van der Waals surface area contributed by atoms with Crippen LogP contribution in [0.2, 0.25) is 5.22 Å². The number of halogens is 1. The smallest absolute Gasteiger partial charge is 0.260 e. The molecule has 1 amide bonds. The van der Waals surface area contributed by atoms with E-state index < -0.39 is 5.91 Å². The van der Waals surface area contributed by atoms with Crippen LogP contribution in [-0.2, 0) is 0 Å². The summed E-state index contributed by atoms with van der Waals surface area (Å²) in [5.41, 5.74) is 6.32. The first-order valence-corrected chi connectivity index (χ1v) is 6.15. The van der Waals surface area contributed by atoms with E-state index in [0.717, 1.165) is 0 Å². The molecule has 8 heteroatoms. The van der Waals surface area contributed by atoms with Crippen LogP contribution in [-0.4, -0.2) is 24.1 Å². The molecule has 0 aliphatic heterocycles. The highest BCUT2D eigenvalue weighted by Crippen LogP contribution is 2.29. The molecule has 0 saturated carbocycles. The summed E-state index contributed by atoms with van der Waals surface area (Å²) in [6.45, 7) is 0. The third-order valence-corrected chi connectivity index (χ3v) is 3.02. The molecule has 2 rings (SSSR count). The summed E-state index contributed by atoms with van der Waals surface area (Å²) in [7, 11) is 1.44. The quantitative estimate of drug-likeness (QED) is 0.347. The number of para-hydroxylation sites is 1. The second-order valence-corrected chi connectivity index (χ2v) is 4.27. The van der Waals surface area contributed by atoms with Crippen molar-refractivity contribution in [3.05, 3.63) is 46.9 Å². The molecule has 1 aromatic heterocycles. The van der Waals surface area contributed by atoms with Crippen molar-refractivity contribution in [2.45, 2.75) is 0 Å². The van der Waals surface area contributed by atoms with E-state index in [1.54, 1.807) is 18.2 Å². The Kier molecular flexibility index (Phi) is 4.34. The fourth-order valence-electron chi connectivity index (χ4n) is 1.73. The minimum Gasteiger partial charge on any atom is -0.495 e. The zero-order chi connectivity index (χ0) is 15.4. The number of amidine groups is 1. The van der Waals surface area contributed by atoms with Gasteiger partial charge in [-0.15, -0.1) is 0 Å². The lowest BCUT2D eigenvalue weighted by Crippen LogP contribution is -2.19. The lowest BCUT2D eigenvalue weighted by molar-refractivity contribution is 0.102. The van der Waals surface area contributed by atoms with Crippen LogP contribution in [0.1, 0.15) is 15.9 Å². The van der Waals surface area contributed by atoms with Crippen molar-refractivity contribution in [2.75, 3.05) is 12.4 Å². The van der Waals surface area contributed by atoms with Gasteiger partial charge in [-0.2, -0.15) is 0 Å². The number of furan rings is 1. The Bertz CT molecular complexity index is 696. The Hall–Kier alpha value is -2.67. The zero-order valence-electron chi connectivity index (χ0n) is 11.0. The fourth-order valence-corrected chi connectivity index (χ4v) is 1.93. The minimum absolute atomic E-state index is 0.0345. The zero-order valence-corrected chi connectivity index (χ0v) is 11.7. The second-order valence-electron chi connectivity index (χ2n) is 3.93. The van der Waals surface area contributed by atoms with E-state index >= 15 is 0 Å². The van der Waals surface area contributed by atoms with Crippen molar-refractivity contribution in [3.8, 4) is 5.75 Å². The number of nitrogens with zero attached hydrogens (tertiary/aromatic N) is 1. The van der Waals surface area contributed by atoms with Crippen LogP contribution < -0.4 is 15.8 Å². The average Bonchev–Trinajstić information content (AvgIpc) is 2.92. The van der Waals surface area contributed by atoms with Crippen LogP contribution in [0.25, 0.3) is 0 Å². The van der Waals surface area contributed by atoms with Crippen molar-refractivity contribution >= 4 is 29.0 Å². The van der Waals surface area contributed by atoms with Crippen LogP contribution in [0.4, 0.5) is 5.69 Å². The molecule has 21 heavy (non-hydrogen) atoms. The number of anilines is 1. The number of oxime groups is 1. The first-order valence-electron chi connectivity index (χ1n) is 5.77. The highest BCUT2D eigenvalue weighted by Gasteiger charge is 2.19. The molecule has 7 nitrogen and oxygen atoms in total. The Morgan fingerprint density at radius 1 is 1.43 bits per heavy atom. The number of hydrogen-bond acceptors (Lipinski definition) is 5. The number of rotatable bonds is 4. The van der Waals surface area contributed by atoms with Gasteiger partial charge in [0.1, 0.15) is 5.75 Å². The van der Waals surface area contributed by atoms with Gasteiger partial charge >= 0.3 is 0 Å². The van der Waals surface area contributed by atoms with Gasteiger partial charge in [-0.25, -0.2) is 0 Å². The van der Waals surface area contributed by atoms with Gasteiger partial charge in [0.25, 0.3) is 5.91 Å². The summed E-state index contributed by atoms with van der Waals surface area (Å²) in [5, 5.41) is 14.3. The predicted octanol–water partition coefficient (Wildman–Crippen LogP) is 2.29. The van der Waals surface area contributed by atoms with Crippen molar-refractivity contribution in [1.82, 2.24) is 0 Å². The van der Waals surface area contributed by atoms with E-state index in [4.69, 9.17) is 31.7 Å². The van der Waals surface area contributed by atoms with E-state index in [-0.39, 0.29) is 22.3 Å². The Morgan fingerprint density at radius 2 is 2.19 bits per heavy atom. The molecule has 0 spiro atoms. The van der Waals surface area contributed by atoms with Gasteiger partial charge in [0, 0.05) is 5.56 Å². The Labute approximate surface area is 124 Å². The molecule has 1 heterocycles. The van der Waals surface area contributed by atoms with E-state index in [9.17, 15) is 4.79 Å². The standard InChI is InChI=1S/C13H12ClN3O4/c1-20-9-4-2-3-7(12(15)17-19)10(9)16-13(18)8-5-6-21-11(8)14/h2-6,19H,1H3,(H2,15,17)(H,16,18). The fraction of sp³-hybridized carbons (Fsp3) is 0.0769. The van der Waals surface area contributed by atoms with E-state index in [2.05, 4.69) is 10.5 Å². The van der Waals surface area contributed by atoms with Crippen molar-refractivity contribution in [2.24, 2.45) is 10.9 Å². The molecule has 2 aromatic rings. The monoisotopic (exact) mass is 309 g/mol. The highest BCUT2D eigenvalue weighted by molar-refractivity contribution is 6.32. The van der Waals surface area contributed by atoms with Gasteiger partial charge in [-0.1, -0.05) is 11.2 Å². The van der Waals surface area contributed by atoms with E-state index in [1.165, 1.54) is 19.4 Å². The number of carbonyl (C=O) groups is 1. The van der Waals surface area contributed by atoms with Crippen LogP contribution in [0.3, 0.4) is 0 Å². The second kappa shape index (κ2) is 6.19. The molecule has 110 valence electrons. The molecule has 0 atom stereocenters. The molecular weight excluding hydrogens is 298 g/mol. The third kappa shape index (κ3) is 2.92. The molecule has 1 aromatic carbocycles. The van der Waals surface area contributed by atoms with Crippen molar-refractivity contribution < 1.29 is 19.2 Å².